The summed E-state index contributed by atoms with van der Waals surface area (Å²) in [7, 11) is 0. The molecule has 0 atom stereocenters. The predicted molar refractivity (Wildman–Crippen MR) is 93.5 cm³/mol. The maximum atomic E-state index is 12.4. The highest BCUT2D eigenvalue weighted by molar-refractivity contribution is 6.32. The summed E-state index contributed by atoms with van der Waals surface area (Å²) in [5.74, 6) is -2.53. The van der Waals surface area contributed by atoms with Gasteiger partial charge in [0, 0.05) is 23.3 Å². The first kappa shape index (κ1) is 19.5. The highest BCUT2D eigenvalue weighted by Gasteiger charge is 2.38. The number of carbonyl (C=O) groups is 2. The molecule has 2 aromatic rings. The molecule has 4 nitrogen and oxygen atoms in total. The van der Waals surface area contributed by atoms with Crippen LogP contribution in [0.15, 0.2) is 54.6 Å². The Morgan fingerprint density at radius 1 is 1.04 bits per heavy atom. The van der Waals surface area contributed by atoms with E-state index in [1.165, 1.54) is 30.4 Å². The summed E-state index contributed by atoms with van der Waals surface area (Å²) in [5, 5.41) is 4.81. The summed E-state index contributed by atoms with van der Waals surface area (Å²) in [6, 6.07) is 12.8. The number of anilines is 1. The molecular weight excluding hydrogens is 369 g/mol. The van der Waals surface area contributed by atoms with E-state index in [-0.39, 0.29) is 12.2 Å². The Morgan fingerprint density at radius 2 is 1.69 bits per heavy atom. The van der Waals surface area contributed by atoms with Crippen LogP contribution in [0.5, 0.6) is 0 Å². The van der Waals surface area contributed by atoms with Gasteiger partial charge in [-0.3, -0.25) is 9.59 Å². The third-order valence-electron chi connectivity index (χ3n) is 3.30. The van der Waals surface area contributed by atoms with Crippen molar-refractivity contribution < 1.29 is 22.8 Å². The van der Waals surface area contributed by atoms with Crippen LogP contribution >= 0.6 is 11.6 Å². The molecule has 136 valence electrons. The van der Waals surface area contributed by atoms with E-state index in [2.05, 4.69) is 5.32 Å². The zero-order chi connectivity index (χ0) is 19.2. The molecule has 0 aliphatic heterocycles. The van der Waals surface area contributed by atoms with E-state index in [1.54, 1.807) is 35.6 Å². The quantitative estimate of drug-likeness (QED) is 0.762. The smallest absolute Gasteiger partial charge is 0.348 e. The topological polar surface area (TPSA) is 58.2 Å². The highest BCUT2D eigenvalue weighted by atomic mass is 35.5. The first-order valence-corrected chi connectivity index (χ1v) is 7.81. The van der Waals surface area contributed by atoms with Gasteiger partial charge in [-0.25, -0.2) is 0 Å². The second-order valence-corrected chi connectivity index (χ2v) is 5.59. The van der Waals surface area contributed by atoms with Crippen LogP contribution in [0.3, 0.4) is 0 Å². The summed E-state index contributed by atoms with van der Waals surface area (Å²) in [5.41, 5.74) is 0.969. The average Bonchev–Trinajstić information content (AvgIpc) is 2.59. The molecule has 0 spiro atoms. The van der Waals surface area contributed by atoms with Gasteiger partial charge >= 0.3 is 12.1 Å². The molecule has 2 rings (SSSR count). The Bertz CT molecular complexity index is 835. The zero-order valence-corrected chi connectivity index (χ0v) is 14.1. The van der Waals surface area contributed by atoms with Gasteiger partial charge in [-0.1, -0.05) is 48.0 Å². The number of hydrogen-bond acceptors (Lipinski definition) is 2. The Morgan fingerprint density at radius 3 is 2.38 bits per heavy atom. The van der Waals surface area contributed by atoms with Crippen LogP contribution < -0.4 is 10.6 Å². The van der Waals surface area contributed by atoms with E-state index in [1.807, 2.05) is 0 Å². The van der Waals surface area contributed by atoms with Crippen LogP contribution in [0.4, 0.5) is 18.9 Å². The van der Waals surface area contributed by atoms with E-state index in [0.717, 1.165) is 0 Å². The van der Waals surface area contributed by atoms with Crippen molar-refractivity contribution in [2.24, 2.45) is 0 Å². The molecule has 2 amide bonds. The van der Waals surface area contributed by atoms with Gasteiger partial charge in [-0.05, 0) is 29.3 Å². The lowest BCUT2D eigenvalue weighted by atomic mass is 10.1. The normalized spacial score (nSPS) is 11.4. The molecule has 0 saturated carbocycles. The number of halogens is 4. The number of benzene rings is 2. The largest absolute Gasteiger partial charge is 0.471 e. The van der Waals surface area contributed by atoms with E-state index < -0.39 is 18.0 Å². The molecule has 0 aromatic heterocycles. The molecule has 0 unspecified atom stereocenters. The van der Waals surface area contributed by atoms with E-state index >= 15 is 0 Å². The predicted octanol–water partition coefficient (Wildman–Crippen LogP) is 4.17. The molecule has 0 radical (unpaired) electrons. The first-order valence-electron chi connectivity index (χ1n) is 7.44. The fourth-order valence-corrected chi connectivity index (χ4v) is 2.21. The number of amides is 2. The summed E-state index contributed by atoms with van der Waals surface area (Å²) in [6.45, 7) is -0.0555. The van der Waals surface area contributed by atoms with Gasteiger partial charge in [0.05, 0.1) is 0 Å². The van der Waals surface area contributed by atoms with Gasteiger partial charge in [0.1, 0.15) is 0 Å². The average molecular weight is 383 g/mol. The second kappa shape index (κ2) is 8.53. The summed E-state index contributed by atoms with van der Waals surface area (Å²) < 4.78 is 37.1. The van der Waals surface area contributed by atoms with Gasteiger partial charge in [0.25, 0.3) is 0 Å². The molecule has 2 aromatic carbocycles. The van der Waals surface area contributed by atoms with Crippen LogP contribution in [0.1, 0.15) is 11.1 Å². The Hall–Kier alpha value is -2.80. The standard InChI is InChI=1S/C18H14ClF3N2O2/c19-14-7-3-1-5-12(14)9-10-16(25)23-11-13-6-2-4-8-15(13)24-17(26)18(20,21)22/h1-10H,11H2,(H,23,25)(H,24,26)/b10-9+. The van der Waals surface area contributed by atoms with Crippen LogP contribution in [-0.4, -0.2) is 18.0 Å². The summed E-state index contributed by atoms with van der Waals surface area (Å²) in [6.07, 6.45) is -2.21. The fraction of sp³-hybridized carbons (Fsp3) is 0.111. The molecule has 2 N–H and O–H groups in total. The lowest BCUT2D eigenvalue weighted by Gasteiger charge is -2.12. The van der Waals surface area contributed by atoms with Gasteiger partial charge in [-0.15, -0.1) is 0 Å². The number of para-hydroxylation sites is 1. The Balaban J connectivity index is 2.00. The van der Waals surface area contributed by atoms with Gasteiger partial charge in [-0.2, -0.15) is 13.2 Å². The van der Waals surface area contributed by atoms with Gasteiger partial charge < -0.3 is 10.6 Å². The fourth-order valence-electron chi connectivity index (χ4n) is 2.01. The molecule has 0 heterocycles. The van der Waals surface area contributed by atoms with Crippen molar-refractivity contribution in [2.75, 3.05) is 5.32 Å². The molecule has 0 aliphatic rings. The minimum absolute atomic E-state index is 0.0230. The van der Waals surface area contributed by atoms with Crippen LogP contribution in [-0.2, 0) is 16.1 Å². The number of alkyl halides is 3. The van der Waals surface area contributed by atoms with Crippen molar-refractivity contribution in [3.8, 4) is 0 Å². The van der Waals surface area contributed by atoms with Crippen molar-refractivity contribution in [3.63, 3.8) is 0 Å². The maximum absolute atomic E-state index is 12.4. The van der Waals surface area contributed by atoms with Crippen LogP contribution in [0, 0.1) is 0 Å². The second-order valence-electron chi connectivity index (χ2n) is 5.18. The minimum atomic E-state index is -4.99. The molecular formula is C18H14ClF3N2O2. The number of hydrogen-bond donors (Lipinski definition) is 2. The molecule has 0 aliphatic carbocycles. The van der Waals surface area contributed by atoms with Crippen molar-refractivity contribution in [2.45, 2.75) is 12.7 Å². The van der Waals surface area contributed by atoms with E-state index in [9.17, 15) is 22.8 Å². The van der Waals surface area contributed by atoms with Crippen LogP contribution in [0.25, 0.3) is 6.08 Å². The third-order valence-corrected chi connectivity index (χ3v) is 3.64. The lowest BCUT2D eigenvalue weighted by Crippen LogP contribution is -2.30. The highest BCUT2D eigenvalue weighted by Crippen LogP contribution is 2.21. The number of nitrogens with one attached hydrogen (secondary N) is 2. The lowest BCUT2D eigenvalue weighted by molar-refractivity contribution is -0.167. The molecule has 0 saturated heterocycles. The number of rotatable bonds is 5. The minimum Gasteiger partial charge on any atom is -0.348 e. The van der Waals surface area contributed by atoms with Crippen molar-refractivity contribution in [3.05, 3.63) is 70.8 Å². The zero-order valence-electron chi connectivity index (χ0n) is 13.3. The first-order chi connectivity index (χ1) is 12.3. The van der Waals surface area contributed by atoms with E-state index in [4.69, 9.17) is 11.6 Å². The molecule has 0 bridgehead atoms. The van der Waals surface area contributed by atoms with E-state index in [0.29, 0.717) is 16.1 Å². The van der Waals surface area contributed by atoms with Gasteiger partial charge in [0.15, 0.2) is 0 Å². The van der Waals surface area contributed by atoms with Gasteiger partial charge in [0.2, 0.25) is 5.91 Å². The molecule has 0 fully saturated rings. The van der Waals surface area contributed by atoms with Crippen molar-refractivity contribution >= 4 is 35.2 Å². The van der Waals surface area contributed by atoms with Crippen LogP contribution in [0.2, 0.25) is 5.02 Å². The summed E-state index contributed by atoms with van der Waals surface area (Å²) >= 11 is 5.97. The Labute approximate surface area is 152 Å². The third kappa shape index (κ3) is 5.63. The SMILES string of the molecule is O=C(/C=C/c1ccccc1Cl)NCc1ccccc1NC(=O)C(F)(F)F. The molecule has 26 heavy (non-hydrogen) atoms. The monoisotopic (exact) mass is 382 g/mol. The Kier molecular flexibility index (Phi) is 6.41. The summed E-state index contributed by atoms with van der Waals surface area (Å²) in [4.78, 5) is 23.0. The number of carbonyl (C=O) groups excluding carboxylic acids is 2. The van der Waals surface area contributed by atoms with Crippen molar-refractivity contribution in [1.82, 2.24) is 5.32 Å². The maximum Gasteiger partial charge on any atom is 0.471 e. The van der Waals surface area contributed by atoms with Crippen molar-refractivity contribution in [1.29, 1.82) is 0 Å². The molecule has 8 heteroatoms.